The van der Waals surface area contributed by atoms with E-state index in [9.17, 15) is 4.79 Å². The van der Waals surface area contributed by atoms with Crippen molar-refractivity contribution in [2.75, 3.05) is 5.32 Å². The lowest BCUT2D eigenvalue weighted by molar-refractivity contribution is 0.102. The summed E-state index contributed by atoms with van der Waals surface area (Å²) in [6.45, 7) is 3.99. The second kappa shape index (κ2) is 7.83. The van der Waals surface area contributed by atoms with Crippen molar-refractivity contribution in [1.29, 1.82) is 5.26 Å². The van der Waals surface area contributed by atoms with Crippen molar-refractivity contribution in [3.05, 3.63) is 75.5 Å². The van der Waals surface area contributed by atoms with Crippen molar-refractivity contribution in [1.82, 2.24) is 9.78 Å². The van der Waals surface area contributed by atoms with Crippen molar-refractivity contribution in [3.8, 4) is 11.8 Å². The lowest BCUT2D eigenvalue weighted by Crippen LogP contribution is -2.15. The number of nitriles is 1. The van der Waals surface area contributed by atoms with Crippen LogP contribution in [0.3, 0.4) is 0 Å². The Balaban J connectivity index is 1.96. The van der Waals surface area contributed by atoms with Crippen LogP contribution in [0.5, 0.6) is 0 Å². The van der Waals surface area contributed by atoms with E-state index in [0.717, 1.165) is 11.4 Å². The van der Waals surface area contributed by atoms with Crippen molar-refractivity contribution in [3.63, 3.8) is 0 Å². The van der Waals surface area contributed by atoms with Gasteiger partial charge in [-0.05, 0) is 42.3 Å². The summed E-state index contributed by atoms with van der Waals surface area (Å²) in [5, 5.41) is 17.0. The SMILES string of the molecule is CC(C)c1c(C(=O)Nc2ccc(C#N)c(Cl)c2)cnn1-c1cccc(Cl)c1. The van der Waals surface area contributed by atoms with Gasteiger partial charge < -0.3 is 5.32 Å². The third kappa shape index (κ3) is 3.97. The van der Waals surface area contributed by atoms with E-state index in [1.54, 1.807) is 35.0 Å². The smallest absolute Gasteiger partial charge is 0.259 e. The fourth-order valence-corrected chi connectivity index (χ4v) is 3.19. The topological polar surface area (TPSA) is 70.7 Å². The molecule has 3 rings (SSSR count). The molecule has 5 nitrogen and oxygen atoms in total. The summed E-state index contributed by atoms with van der Waals surface area (Å²) < 4.78 is 1.72. The van der Waals surface area contributed by atoms with Gasteiger partial charge in [-0.25, -0.2) is 4.68 Å². The average molecular weight is 399 g/mol. The summed E-state index contributed by atoms with van der Waals surface area (Å²) in [5.74, 6) is -0.246. The molecular weight excluding hydrogens is 383 g/mol. The van der Waals surface area contributed by atoms with Crippen molar-refractivity contribution < 1.29 is 4.79 Å². The molecular formula is C20H16Cl2N4O. The zero-order valence-corrected chi connectivity index (χ0v) is 16.2. The summed E-state index contributed by atoms with van der Waals surface area (Å²) in [5.41, 5.74) is 2.88. The van der Waals surface area contributed by atoms with Gasteiger partial charge in [0, 0.05) is 10.7 Å². The lowest BCUT2D eigenvalue weighted by Gasteiger charge is -2.13. The summed E-state index contributed by atoms with van der Waals surface area (Å²) in [6, 6.07) is 14.0. The van der Waals surface area contributed by atoms with Gasteiger partial charge in [0.15, 0.2) is 0 Å². The van der Waals surface area contributed by atoms with Crippen molar-refractivity contribution >= 4 is 34.8 Å². The Morgan fingerprint density at radius 3 is 2.63 bits per heavy atom. The molecule has 0 atom stereocenters. The first-order valence-corrected chi connectivity index (χ1v) is 9.01. The number of benzene rings is 2. The first kappa shape index (κ1) is 19.0. The molecule has 0 aliphatic heterocycles. The second-order valence-corrected chi connectivity index (χ2v) is 7.09. The zero-order chi connectivity index (χ0) is 19.6. The molecule has 0 spiro atoms. The minimum atomic E-state index is -0.298. The molecule has 3 aromatic rings. The lowest BCUT2D eigenvalue weighted by atomic mass is 10.0. The highest BCUT2D eigenvalue weighted by molar-refractivity contribution is 6.32. The predicted molar refractivity (Wildman–Crippen MR) is 107 cm³/mol. The molecule has 7 heteroatoms. The standard InChI is InChI=1S/C20H16Cl2N4O/c1-12(2)19-17(11-24-26(19)16-5-3-4-14(21)8-16)20(27)25-15-7-6-13(10-23)18(22)9-15/h3-9,11-12H,1-2H3,(H,25,27). The highest BCUT2D eigenvalue weighted by Gasteiger charge is 2.21. The Kier molecular flexibility index (Phi) is 5.50. The highest BCUT2D eigenvalue weighted by Crippen LogP contribution is 2.26. The number of aromatic nitrogens is 2. The van der Waals surface area contributed by atoms with Crippen LogP contribution in [0.1, 0.15) is 41.4 Å². The number of amides is 1. The zero-order valence-electron chi connectivity index (χ0n) is 14.7. The third-order valence-corrected chi connectivity index (χ3v) is 4.55. The fraction of sp³-hybridized carbons (Fsp3) is 0.150. The molecule has 1 N–H and O–H groups in total. The van der Waals surface area contributed by atoms with E-state index in [4.69, 9.17) is 28.5 Å². The Labute approximate surface area is 167 Å². The summed E-state index contributed by atoms with van der Waals surface area (Å²) in [6.07, 6.45) is 1.54. The molecule has 136 valence electrons. The maximum Gasteiger partial charge on any atom is 0.259 e. The first-order valence-electron chi connectivity index (χ1n) is 8.25. The molecule has 2 aromatic carbocycles. The summed E-state index contributed by atoms with van der Waals surface area (Å²) in [4.78, 5) is 12.8. The number of carbonyl (C=O) groups excluding carboxylic acids is 1. The maximum absolute atomic E-state index is 12.8. The molecule has 1 amide bonds. The summed E-state index contributed by atoms with van der Waals surface area (Å²) >= 11 is 12.1. The van der Waals surface area contributed by atoms with Crippen LogP contribution in [-0.4, -0.2) is 15.7 Å². The van der Waals surface area contributed by atoms with E-state index >= 15 is 0 Å². The number of halogens is 2. The van der Waals surface area contributed by atoms with Crippen LogP contribution < -0.4 is 5.32 Å². The van der Waals surface area contributed by atoms with Gasteiger partial charge in [-0.1, -0.05) is 43.1 Å². The van der Waals surface area contributed by atoms with Gasteiger partial charge >= 0.3 is 0 Å². The molecule has 0 radical (unpaired) electrons. The molecule has 0 saturated heterocycles. The van der Waals surface area contributed by atoms with Gasteiger partial charge in [0.05, 0.1) is 33.7 Å². The molecule has 0 bridgehead atoms. The van der Waals surface area contributed by atoms with E-state index in [-0.39, 0.29) is 16.8 Å². The van der Waals surface area contributed by atoms with Crippen LogP contribution >= 0.6 is 23.2 Å². The van der Waals surface area contributed by atoms with Crippen LogP contribution in [0.4, 0.5) is 5.69 Å². The minimum absolute atomic E-state index is 0.0526. The molecule has 0 unspecified atom stereocenters. The normalized spacial score (nSPS) is 10.7. The van der Waals surface area contributed by atoms with E-state index in [0.29, 0.717) is 21.8 Å². The molecule has 0 aliphatic rings. The van der Waals surface area contributed by atoms with Crippen molar-refractivity contribution in [2.45, 2.75) is 19.8 Å². The molecule has 1 aromatic heterocycles. The number of carbonyl (C=O) groups is 1. The average Bonchev–Trinajstić information content (AvgIpc) is 3.07. The second-order valence-electron chi connectivity index (χ2n) is 6.25. The molecule has 27 heavy (non-hydrogen) atoms. The van der Waals surface area contributed by atoms with Crippen LogP contribution in [0.2, 0.25) is 10.0 Å². The molecule has 1 heterocycles. The van der Waals surface area contributed by atoms with E-state index < -0.39 is 0 Å². The monoisotopic (exact) mass is 398 g/mol. The van der Waals surface area contributed by atoms with E-state index in [2.05, 4.69) is 10.4 Å². The van der Waals surface area contributed by atoms with Crippen LogP contribution in [-0.2, 0) is 0 Å². The Morgan fingerprint density at radius 1 is 1.22 bits per heavy atom. The number of hydrogen-bond acceptors (Lipinski definition) is 3. The molecule has 0 aliphatic carbocycles. The Hall–Kier alpha value is -2.81. The first-order chi connectivity index (χ1) is 12.9. The number of nitrogens with one attached hydrogen (secondary N) is 1. The fourth-order valence-electron chi connectivity index (χ4n) is 2.78. The maximum atomic E-state index is 12.8. The van der Waals surface area contributed by atoms with Gasteiger partial charge in [-0.3, -0.25) is 4.79 Å². The number of rotatable bonds is 4. The Morgan fingerprint density at radius 2 is 2.00 bits per heavy atom. The number of nitrogens with zero attached hydrogens (tertiary/aromatic N) is 3. The van der Waals surface area contributed by atoms with E-state index in [1.165, 1.54) is 6.20 Å². The van der Waals surface area contributed by atoms with Crippen LogP contribution in [0.15, 0.2) is 48.7 Å². The minimum Gasteiger partial charge on any atom is -0.322 e. The third-order valence-electron chi connectivity index (χ3n) is 4.00. The molecule has 0 saturated carbocycles. The van der Waals surface area contributed by atoms with Gasteiger partial charge in [0.2, 0.25) is 0 Å². The van der Waals surface area contributed by atoms with Gasteiger partial charge in [-0.2, -0.15) is 10.4 Å². The van der Waals surface area contributed by atoms with E-state index in [1.807, 2.05) is 32.0 Å². The highest BCUT2D eigenvalue weighted by atomic mass is 35.5. The predicted octanol–water partition coefficient (Wildman–Crippen LogP) is 5.43. The van der Waals surface area contributed by atoms with Crippen LogP contribution in [0.25, 0.3) is 5.69 Å². The Bertz CT molecular complexity index is 1050. The largest absolute Gasteiger partial charge is 0.322 e. The van der Waals surface area contributed by atoms with Gasteiger partial charge in [0.1, 0.15) is 6.07 Å². The summed E-state index contributed by atoms with van der Waals surface area (Å²) in [7, 11) is 0. The van der Waals surface area contributed by atoms with Crippen molar-refractivity contribution in [2.24, 2.45) is 0 Å². The van der Waals surface area contributed by atoms with Gasteiger partial charge in [0.25, 0.3) is 5.91 Å². The van der Waals surface area contributed by atoms with Gasteiger partial charge in [-0.15, -0.1) is 0 Å². The number of hydrogen-bond donors (Lipinski definition) is 1. The van der Waals surface area contributed by atoms with Crippen LogP contribution in [0, 0.1) is 11.3 Å². The molecule has 0 fully saturated rings. The number of anilines is 1. The quantitative estimate of drug-likeness (QED) is 0.636.